The highest BCUT2D eigenvalue weighted by Crippen LogP contribution is 2.42. The summed E-state index contributed by atoms with van der Waals surface area (Å²) >= 11 is 9.88. The molecule has 0 saturated carbocycles. The lowest BCUT2D eigenvalue weighted by molar-refractivity contribution is 0.372. The Hall–Kier alpha value is -0.670. The van der Waals surface area contributed by atoms with E-state index in [-0.39, 0.29) is 0 Å². The summed E-state index contributed by atoms with van der Waals surface area (Å²) in [6, 6.07) is 1.99. The van der Waals surface area contributed by atoms with Crippen LogP contribution < -0.4 is 0 Å². The lowest BCUT2D eigenvalue weighted by Crippen LogP contribution is -2.06. The van der Waals surface area contributed by atoms with Gasteiger partial charge < -0.3 is 0 Å². The van der Waals surface area contributed by atoms with Gasteiger partial charge in [0.2, 0.25) is 5.82 Å². The molecule has 0 aliphatic heterocycles. The van der Waals surface area contributed by atoms with Gasteiger partial charge in [-0.25, -0.2) is 22.0 Å². The molecule has 1 aromatic carbocycles. The molecule has 1 nitrogen and oxygen atoms in total. The van der Waals surface area contributed by atoms with E-state index in [9.17, 15) is 22.0 Å². The minimum atomic E-state index is -2.17. The number of thioether (sulfide) groups is 2. The second kappa shape index (κ2) is 8.62. The third-order valence-corrected chi connectivity index (χ3v) is 8.22. The van der Waals surface area contributed by atoms with E-state index in [0.29, 0.717) is 19.5 Å². The zero-order chi connectivity index (χ0) is 17.9. The highest BCUT2D eigenvalue weighted by atomic mass is 32.2. The molecular weight excluding hydrogens is 425 g/mol. The van der Waals surface area contributed by atoms with Crippen LogP contribution in [0.1, 0.15) is 12.0 Å². The highest BCUT2D eigenvalue weighted by Gasteiger charge is 2.26. The number of rotatable bonds is 6. The second-order valence-corrected chi connectivity index (χ2v) is 9.96. The Bertz CT molecular complexity index is 825. The molecule has 24 heavy (non-hydrogen) atoms. The van der Waals surface area contributed by atoms with Crippen molar-refractivity contribution in [1.82, 2.24) is 0 Å². The summed E-state index contributed by atoms with van der Waals surface area (Å²) in [4.78, 5) is 0. The molecule has 2 aromatic rings. The topological polar surface area (TPSA) is 23.8 Å². The fourth-order valence-electron chi connectivity index (χ4n) is 1.54. The van der Waals surface area contributed by atoms with Gasteiger partial charge in [0, 0.05) is 23.5 Å². The maximum atomic E-state index is 13.7. The monoisotopic (exact) mass is 431 g/mol. The Morgan fingerprint density at radius 2 is 1.38 bits per heavy atom. The quantitative estimate of drug-likeness (QED) is 0.130. The van der Waals surface area contributed by atoms with E-state index in [1.165, 1.54) is 34.4 Å². The number of benzene rings is 1. The van der Waals surface area contributed by atoms with Crippen molar-refractivity contribution >= 4 is 58.4 Å². The molecule has 0 radical (unpaired) electrons. The van der Waals surface area contributed by atoms with E-state index >= 15 is 0 Å². The van der Waals surface area contributed by atoms with Crippen molar-refractivity contribution in [2.75, 3.05) is 5.75 Å². The van der Waals surface area contributed by atoms with E-state index in [0.717, 1.165) is 16.0 Å². The van der Waals surface area contributed by atoms with Gasteiger partial charge >= 0.3 is 0 Å². The molecule has 0 unspecified atom stereocenters. The first-order valence-corrected chi connectivity index (χ1v) is 10.1. The smallest absolute Gasteiger partial charge is 0.200 e. The molecule has 0 aliphatic rings. The van der Waals surface area contributed by atoms with Gasteiger partial charge in [0.1, 0.15) is 3.14 Å². The SMILES string of the molecule is N#CCCSc1sc(=S)sc1SCc1c(F)c(F)c(F)c(F)c1F. The zero-order valence-electron chi connectivity index (χ0n) is 11.5. The predicted molar refractivity (Wildman–Crippen MR) is 89.8 cm³/mol. The van der Waals surface area contributed by atoms with E-state index in [2.05, 4.69) is 0 Å². The Kier molecular flexibility index (Phi) is 7.06. The molecule has 0 bridgehead atoms. The first-order valence-electron chi connectivity index (χ1n) is 6.13. The number of hydrogen-bond acceptors (Lipinski definition) is 6. The van der Waals surface area contributed by atoms with Crippen LogP contribution in [0.4, 0.5) is 22.0 Å². The van der Waals surface area contributed by atoms with Crippen molar-refractivity contribution in [3.8, 4) is 6.07 Å². The molecule has 0 fully saturated rings. The van der Waals surface area contributed by atoms with Crippen LogP contribution in [0.25, 0.3) is 0 Å². The summed E-state index contributed by atoms with van der Waals surface area (Å²) in [5.74, 6) is -9.61. The van der Waals surface area contributed by atoms with E-state index < -0.39 is 40.4 Å². The lowest BCUT2D eigenvalue weighted by atomic mass is 10.2. The molecule has 0 saturated heterocycles. The molecule has 1 heterocycles. The van der Waals surface area contributed by atoms with Crippen LogP contribution in [0.5, 0.6) is 0 Å². The van der Waals surface area contributed by atoms with Crippen LogP contribution in [-0.2, 0) is 5.75 Å². The maximum Gasteiger partial charge on any atom is 0.200 e. The van der Waals surface area contributed by atoms with E-state index in [1.54, 1.807) is 0 Å². The molecule has 1 aromatic heterocycles. The normalized spacial score (nSPS) is 10.8. The van der Waals surface area contributed by atoms with Gasteiger partial charge in [-0.15, -0.1) is 46.2 Å². The van der Waals surface area contributed by atoms with Crippen LogP contribution >= 0.6 is 58.4 Å². The fourth-order valence-corrected chi connectivity index (χ4v) is 7.55. The average molecular weight is 432 g/mol. The maximum absolute atomic E-state index is 13.7. The van der Waals surface area contributed by atoms with Crippen molar-refractivity contribution in [2.45, 2.75) is 20.6 Å². The van der Waals surface area contributed by atoms with Crippen molar-refractivity contribution in [2.24, 2.45) is 0 Å². The molecule has 0 atom stereocenters. The van der Waals surface area contributed by atoms with Crippen molar-refractivity contribution < 1.29 is 22.0 Å². The summed E-state index contributed by atoms with van der Waals surface area (Å²) in [5.41, 5.74) is -0.867. The number of halogens is 5. The van der Waals surface area contributed by atoms with Crippen LogP contribution in [0.15, 0.2) is 8.42 Å². The fraction of sp³-hybridized carbons (Fsp3) is 0.231. The van der Waals surface area contributed by atoms with Gasteiger partial charge in [-0.3, -0.25) is 0 Å². The molecule has 0 aliphatic carbocycles. The van der Waals surface area contributed by atoms with Crippen LogP contribution in [0, 0.1) is 43.6 Å². The van der Waals surface area contributed by atoms with Gasteiger partial charge in [0.25, 0.3) is 0 Å². The summed E-state index contributed by atoms with van der Waals surface area (Å²) in [6.45, 7) is 0. The van der Waals surface area contributed by atoms with Crippen LogP contribution in [-0.4, -0.2) is 5.75 Å². The molecule has 2 rings (SSSR count). The van der Waals surface area contributed by atoms with Gasteiger partial charge in [-0.2, -0.15) is 5.26 Å². The molecule has 0 N–H and O–H groups in total. The Morgan fingerprint density at radius 1 is 0.875 bits per heavy atom. The summed E-state index contributed by atoms with van der Waals surface area (Å²) in [5, 5.41) is 8.54. The summed E-state index contributed by atoms with van der Waals surface area (Å²) in [7, 11) is 0. The van der Waals surface area contributed by atoms with Gasteiger partial charge in [0.05, 0.1) is 14.5 Å². The minimum Gasteiger partial charge on any atom is -0.203 e. The highest BCUT2D eigenvalue weighted by molar-refractivity contribution is 8.05. The first-order chi connectivity index (χ1) is 11.4. The third-order valence-electron chi connectivity index (χ3n) is 2.61. The minimum absolute atomic E-state index is 0.321. The number of nitrogens with zero attached hydrogens (tertiary/aromatic N) is 1. The van der Waals surface area contributed by atoms with Gasteiger partial charge in [-0.05, 0) is 0 Å². The molecule has 11 heteroatoms. The molecule has 0 spiro atoms. The Morgan fingerprint density at radius 3 is 1.92 bits per heavy atom. The van der Waals surface area contributed by atoms with Crippen molar-refractivity contribution in [3.05, 3.63) is 37.8 Å². The second-order valence-electron chi connectivity index (χ2n) is 4.12. The lowest BCUT2D eigenvalue weighted by Gasteiger charge is -2.08. The Balaban J connectivity index is 2.24. The van der Waals surface area contributed by atoms with E-state index in [4.69, 9.17) is 17.5 Å². The molecular formula is C13H6F5NS5. The van der Waals surface area contributed by atoms with Crippen LogP contribution in [0.2, 0.25) is 0 Å². The van der Waals surface area contributed by atoms with Gasteiger partial charge in [-0.1, -0.05) is 12.2 Å². The predicted octanol–water partition coefficient (Wildman–Crippen LogP) is 6.53. The first kappa shape index (κ1) is 19.7. The van der Waals surface area contributed by atoms with E-state index in [1.807, 2.05) is 6.07 Å². The van der Waals surface area contributed by atoms with Crippen molar-refractivity contribution in [3.63, 3.8) is 0 Å². The summed E-state index contributed by atoms with van der Waals surface area (Å²) < 4.78 is 68.8. The number of nitriles is 1. The van der Waals surface area contributed by atoms with Crippen molar-refractivity contribution in [1.29, 1.82) is 5.26 Å². The number of hydrogen-bond donors (Lipinski definition) is 0. The average Bonchev–Trinajstić information content (AvgIpc) is 2.91. The standard InChI is InChI=1S/C13H6F5NS5/c14-6-5(7(15)9(17)10(18)8(6)16)4-22-12-11(21-3-1-2-19)23-13(20)24-12/h1,3-4H2. The van der Waals surface area contributed by atoms with Gasteiger partial charge in [0.15, 0.2) is 23.3 Å². The van der Waals surface area contributed by atoms with Crippen LogP contribution in [0.3, 0.4) is 0 Å². The third kappa shape index (κ3) is 4.29. The molecule has 0 amide bonds. The largest absolute Gasteiger partial charge is 0.203 e. The summed E-state index contributed by atoms with van der Waals surface area (Å²) in [6.07, 6.45) is 0.321. The molecule has 128 valence electrons. The zero-order valence-corrected chi connectivity index (χ0v) is 15.6. The Labute approximate surface area is 155 Å².